The first-order valence-electron chi connectivity index (χ1n) is 6.55. The zero-order valence-electron chi connectivity index (χ0n) is 10.6. The standard InChI is InChI=1S/C12H19F3N2O2/c13-12(14,15)8-2-1-5-17(7-8)9-3-4-11(16,6-9)10(18)19/h8-9H,1-7,16H2,(H,18,19). The molecule has 0 aromatic rings. The Morgan fingerprint density at radius 3 is 2.58 bits per heavy atom. The van der Waals surface area contributed by atoms with Gasteiger partial charge in [-0.15, -0.1) is 0 Å². The van der Waals surface area contributed by atoms with Crippen LogP contribution in [0, 0.1) is 5.92 Å². The molecule has 3 unspecified atom stereocenters. The number of carboxylic acid groups (broad SMARTS) is 1. The number of hydrogen-bond donors (Lipinski definition) is 2. The van der Waals surface area contributed by atoms with E-state index in [1.165, 1.54) is 0 Å². The minimum atomic E-state index is -4.16. The third-order valence-corrected chi connectivity index (χ3v) is 4.38. The van der Waals surface area contributed by atoms with Crippen LogP contribution in [0.1, 0.15) is 32.1 Å². The topological polar surface area (TPSA) is 66.6 Å². The van der Waals surface area contributed by atoms with E-state index in [2.05, 4.69) is 0 Å². The number of hydrogen-bond acceptors (Lipinski definition) is 3. The van der Waals surface area contributed by atoms with E-state index in [1.54, 1.807) is 4.90 Å². The molecule has 1 saturated heterocycles. The van der Waals surface area contributed by atoms with E-state index >= 15 is 0 Å². The number of halogens is 3. The Hall–Kier alpha value is -0.820. The average molecular weight is 280 g/mol. The van der Waals surface area contributed by atoms with Gasteiger partial charge in [-0.2, -0.15) is 13.2 Å². The van der Waals surface area contributed by atoms with E-state index in [1.807, 2.05) is 0 Å². The Balaban J connectivity index is 1.98. The summed E-state index contributed by atoms with van der Waals surface area (Å²) in [6, 6.07) is -0.133. The monoisotopic (exact) mass is 280 g/mol. The molecule has 110 valence electrons. The van der Waals surface area contributed by atoms with Crippen LogP contribution in [0.2, 0.25) is 0 Å². The molecule has 1 saturated carbocycles. The quantitative estimate of drug-likeness (QED) is 0.806. The Morgan fingerprint density at radius 1 is 1.37 bits per heavy atom. The van der Waals surface area contributed by atoms with E-state index in [0.29, 0.717) is 25.8 Å². The van der Waals surface area contributed by atoms with Crippen LogP contribution < -0.4 is 5.73 Å². The second-order valence-electron chi connectivity index (χ2n) is 5.73. The molecule has 0 amide bonds. The fourth-order valence-corrected chi connectivity index (χ4v) is 3.16. The summed E-state index contributed by atoms with van der Waals surface area (Å²) < 4.78 is 38.2. The van der Waals surface area contributed by atoms with Gasteiger partial charge in [-0.25, -0.2) is 0 Å². The molecule has 0 aromatic carbocycles. The number of carboxylic acids is 1. The predicted molar refractivity (Wildman–Crippen MR) is 62.5 cm³/mol. The van der Waals surface area contributed by atoms with Crippen molar-refractivity contribution in [1.29, 1.82) is 0 Å². The van der Waals surface area contributed by atoms with Crippen molar-refractivity contribution in [2.45, 2.75) is 49.9 Å². The number of carbonyl (C=O) groups is 1. The Labute approximate surface area is 109 Å². The van der Waals surface area contributed by atoms with Gasteiger partial charge in [-0.3, -0.25) is 9.69 Å². The molecule has 0 aromatic heterocycles. The fraction of sp³-hybridized carbons (Fsp3) is 0.917. The summed E-state index contributed by atoms with van der Waals surface area (Å²) in [4.78, 5) is 12.8. The van der Waals surface area contributed by atoms with Crippen molar-refractivity contribution in [3.8, 4) is 0 Å². The maximum Gasteiger partial charge on any atom is 0.393 e. The van der Waals surface area contributed by atoms with Crippen molar-refractivity contribution in [2.75, 3.05) is 13.1 Å². The van der Waals surface area contributed by atoms with Crippen LogP contribution in [0.15, 0.2) is 0 Å². The number of aliphatic carboxylic acids is 1. The minimum absolute atomic E-state index is 0.0239. The van der Waals surface area contributed by atoms with Crippen LogP contribution in [0.4, 0.5) is 13.2 Å². The Bertz CT molecular complexity index is 361. The van der Waals surface area contributed by atoms with Gasteiger partial charge >= 0.3 is 12.1 Å². The molecule has 0 radical (unpaired) electrons. The van der Waals surface area contributed by atoms with E-state index < -0.39 is 23.6 Å². The van der Waals surface area contributed by atoms with E-state index in [4.69, 9.17) is 10.8 Å². The number of nitrogens with two attached hydrogens (primary N) is 1. The molecule has 2 aliphatic rings. The average Bonchev–Trinajstić information content (AvgIpc) is 2.73. The molecule has 4 nitrogen and oxygen atoms in total. The highest BCUT2D eigenvalue weighted by Crippen LogP contribution is 2.37. The van der Waals surface area contributed by atoms with Gasteiger partial charge in [0.05, 0.1) is 5.92 Å². The number of likely N-dealkylation sites (tertiary alicyclic amines) is 1. The molecule has 3 N–H and O–H groups in total. The second-order valence-corrected chi connectivity index (χ2v) is 5.73. The van der Waals surface area contributed by atoms with Crippen LogP contribution in [-0.4, -0.2) is 46.8 Å². The lowest BCUT2D eigenvalue weighted by Crippen LogP contribution is -2.49. The number of rotatable bonds is 2. The maximum absolute atomic E-state index is 12.7. The molecule has 1 heterocycles. The third-order valence-electron chi connectivity index (χ3n) is 4.38. The lowest BCUT2D eigenvalue weighted by Gasteiger charge is -2.37. The smallest absolute Gasteiger partial charge is 0.393 e. The van der Waals surface area contributed by atoms with E-state index in [-0.39, 0.29) is 25.4 Å². The third kappa shape index (κ3) is 3.02. The first-order valence-corrected chi connectivity index (χ1v) is 6.55. The lowest BCUT2D eigenvalue weighted by molar-refractivity contribution is -0.188. The zero-order valence-corrected chi connectivity index (χ0v) is 10.6. The first kappa shape index (κ1) is 14.6. The molecule has 3 atom stereocenters. The molecule has 0 bridgehead atoms. The molecule has 7 heteroatoms. The second kappa shape index (κ2) is 4.94. The number of nitrogens with zero attached hydrogens (tertiary/aromatic N) is 1. The van der Waals surface area contributed by atoms with Gasteiger partial charge in [0.1, 0.15) is 5.54 Å². The largest absolute Gasteiger partial charge is 0.480 e. The predicted octanol–water partition coefficient (Wildman–Crippen LogP) is 1.60. The highest BCUT2D eigenvalue weighted by Gasteiger charge is 2.47. The molecular weight excluding hydrogens is 261 g/mol. The summed E-state index contributed by atoms with van der Waals surface area (Å²) >= 11 is 0. The van der Waals surface area contributed by atoms with Crippen LogP contribution in [0.3, 0.4) is 0 Å². The van der Waals surface area contributed by atoms with Crippen molar-refractivity contribution in [2.24, 2.45) is 11.7 Å². The zero-order chi connectivity index (χ0) is 14.3. The van der Waals surface area contributed by atoms with Crippen LogP contribution >= 0.6 is 0 Å². The van der Waals surface area contributed by atoms with Crippen molar-refractivity contribution in [3.63, 3.8) is 0 Å². The van der Waals surface area contributed by atoms with E-state index in [9.17, 15) is 18.0 Å². The first-order chi connectivity index (χ1) is 8.72. The molecule has 2 rings (SSSR count). The van der Waals surface area contributed by atoms with Crippen molar-refractivity contribution < 1.29 is 23.1 Å². The summed E-state index contributed by atoms with van der Waals surface area (Å²) in [5, 5.41) is 9.05. The lowest BCUT2D eigenvalue weighted by atomic mass is 9.94. The summed E-state index contributed by atoms with van der Waals surface area (Å²) in [6.45, 7) is 0.580. The van der Waals surface area contributed by atoms with Crippen LogP contribution in [0.25, 0.3) is 0 Å². The summed E-state index contributed by atoms with van der Waals surface area (Å²) in [5.74, 6) is -2.35. The minimum Gasteiger partial charge on any atom is -0.480 e. The SMILES string of the molecule is NC1(C(=O)O)CCC(N2CCCC(C(F)(F)F)C2)C1. The Kier molecular flexibility index (Phi) is 3.79. The Morgan fingerprint density at radius 2 is 2.05 bits per heavy atom. The van der Waals surface area contributed by atoms with Crippen LogP contribution in [-0.2, 0) is 4.79 Å². The molecule has 1 aliphatic carbocycles. The van der Waals surface area contributed by atoms with Gasteiger partial charge in [0.15, 0.2) is 0 Å². The van der Waals surface area contributed by atoms with Crippen molar-refractivity contribution in [3.05, 3.63) is 0 Å². The number of piperidine rings is 1. The molecule has 2 fully saturated rings. The highest BCUT2D eigenvalue weighted by molar-refractivity contribution is 5.79. The van der Waals surface area contributed by atoms with Gasteiger partial charge in [0, 0.05) is 12.6 Å². The summed E-state index contributed by atoms with van der Waals surface area (Å²) in [6.07, 6.45) is -2.35. The number of alkyl halides is 3. The highest BCUT2D eigenvalue weighted by atomic mass is 19.4. The van der Waals surface area contributed by atoms with Gasteiger partial charge in [-0.1, -0.05) is 0 Å². The maximum atomic E-state index is 12.7. The molecule has 1 aliphatic heterocycles. The van der Waals surface area contributed by atoms with E-state index in [0.717, 1.165) is 0 Å². The summed E-state index contributed by atoms with van der Waals surface area (Å²) in [7, 11) is 0. The van der Waals surface area contributed by atoms with Gasteiger partial charge < -0.3 is 10.8 Å². The summed E-state index contributed by atoms with van der Waals surface area (Å²) in [5.41, 5.74) is 4.50. The van der Waals surface area contributed by atoms with Gasteiger partial charge in [0.25, 0.3) is 0 Å². The normalized spacial score (nSPS) is 37.5. The molecule has 19 heavy (non-hydrogen) atoms. The van der Waals surface area contributed by atoms with Crippen molar-refractivity contribution >= 4 is 5.97 Å². The van der Waals surface area contributed by atoms with Crippen molar-refractivity contribution in [1.82, 2.24) is 4.90 Å². The van der Waals surface area contributed by atoms with Gasteiger partial charge in [-0.05, 0) is 38.6 Å². The molecule has 0 spiro atoms. The fourth-order valence-electron chi connectivity index (χ4n) is 3.16. The van der Waals surface area contributed by atoms with Crippen LogP contribution in [0.5, 0.6) is 0 Å². The molecular formula is C12H19F3N2O2. The van der Waals surface area contributed by atoms with Gasteiger partial charge in [0.2, 0.25) is 0 Å².